The van der Waals surface area contributed by atoms with Gasteiger partial charge in [0.1, 0.15) is 18.3 Å². The van der Waals surface area contributed by atoms with E-state index in [-0.39, 0.29) is 13.2 Å². The summed E-state index contributed by atoms with van der Waals surface area (Å²) in [5.74, 6) is 0. The normalized spacial score (nSPS) is 39.3. The first kappa shape index (κ1) is 10.6. The number of hydrogen-bond acceptors (Lipinski definition) is 5. The lowest BCUT2D eigenvalue weighted by atomic mass is 10.1. The lowest BCUT2D eigenvalue weighted by Gasteiger charge is -2.13. The molecule has 0 aromatic carbocycles. The van der Waals surface area contributed by atoms with Crippen molar-refractivity contribution in [3.8, 4) is 0 Å². The lowest BCUT2D eigenvalue weighted by molar-refractivity contribution is -0.162. The van der Waals surface area contributed by atoms with Crippen molar-refractivity contribution in [1.29, 1.82) is 0 Å². The largest absolute Gasteiger partial charge is 0.394 e. The second-order valence-corrected chi connectivity index (χ2v) is 2.83. The van der Waals surface area contributed by atoms with E-state index in [1.54, 1.807) is 0 Å². The second kappa shape index (κ2) is 4.69. The summed E-state index contributed by atoms with van der Waals surface area (Å²) in [4.78, 5) is 0. The first-order chi connectivity index (χ1) is 6.20. The van der Waals surface area contributed by atoms with Crippen molar-refractivity contribution >= 4 is 0 Å². The van der Waals surface area contributed by atoms with Crippen molar-refractivity contribution in [2.24, 2.45) is 0 Å². The van der Waals surface area contributed by atoms with Gasteiger partial charge in [-0.2, -0.15) is 0 Å². The van der Waals surface area contributed by atoms with Gasteiger partial charge in [0.2, 0.25) is 0 Å². The molecule has 1 saturated heterocycles. The van der Waals surface area contributed by atoms with Crippen LogP contribution in [0.25, 0.3) is 0 Å². The van der Waals surface area contributed by atoms with Crippen molar-refractivity contribution in [3.63, 3.8) is 0 Å². The maximum atomic E-state index is 9.34. The molecule has 4 atom stereocenters. The van der Waals surface area contributed by atoms with Gasteiger partial charge in [-0.1, -0.05) is 6.08 Å². The summed E-state index contributed by atoms with van der Waals surface area (Å²) < 4.78 is 10.0. The Morgan fingerprint density at radius 3 is 2.54 bits per heavy atom. The monoisotopic (exact) mass is 190 g/mol. The fraction of sp³-hybridized carbons (Fsp3) is 0.750. The van der Waals surface area contributed by atoms with Gasteiger partial charge in [0, 0.05) is 0 Å². The summed E-state index contributed by atoms with van der Waals surface area (Å²) in [6.45, 7) is 3.32. The quantitative estimate of drug-likeness (QED) is 0.476. The van der Waals surface area contributed by atoms with Crippen LogP contribution in [0.15, 0.2) is 12.7 Å². The summed E-state index contributed by atoms with van der Waals surface area (Å²) in [6, 6.07) is 0. The predicted molar refractivity (Wildman–Crippen MR) is 43.9 cm³/mol. The molecule has 0 aromatic heterocycles. The molecule has 13 heavy (non-hydrogen) atoms. The highest BCUT2D eigenvalue weighted by molar-refractivity contribution is 4.86. The zero-order valence-electron chi connectivity index (χ0n) is 7.17. The fourth-order valence-electron chi connectivity index (χ4n) is 1.17. The van der Waals surface area contributed by atoms with Gasteiger partial charge in [0.25, 0.3) is 0 Å². The number of aliphatic hydroxyl groups excluding tert-OH is 3. The van der Waals surface area contributed by atoms with Crippen LogP contribution >= 0.6 is 0 Å². The Bertz CT molecular complexity index is 172. The molecule has 3 N–H and O–H groups in total. The van der Waals surface area contributed by atoms with Crippen LogP contribution in [-0.4, -0.2) is 53.1 Å². The molecule has 0 spiro atoms. The highest BCUT2D eigenvalue weighted by Gasteiger charge is 2.42. The second-order valence-electron chi connectivity index (χ2n) is 2.83. The minimum Gasteiger partial charge on any atom is -0.394 e. The highest BCUT2D eigenvalue weighted by Crippen LogP contribution is 2.21. The summed E-state index contributed by atoms with van der Waals surface area (Å²) in [6.07, 6.45) is -2.36. The molecule has 0 bridgehead atoms. The molecule has 5 heteroatoms. The molecular weight excluding hydrogens is 176 g/mol. The first-order valence-electron chi connectivity index (χ1n) is 4.05. The van der Waals surface area contributed by atoms with Crippen LogP contribution in [0.1, 0.15) is 0 Å². The summed E-state index contributed by atoms with van der Waals surface area (Å²) in [5.41, 5.74) is 0. The van der Waals surface area contributed by atoms with Crippen LogP contribution in [0.2, 0.25) is 0 Å². The van der Waals surface area contributed by atoms with Crippen molar-refractivity contribution in [3.05, 3.63) is 12.7 Å². The third kappa shape index (κ3) is 2.26. The summed E-state index contributed by atoms with van der Waals surface area (Å²) in [5, 5.41) is 27.4. The molecule has 0 saturated carbocycles. The molecule has 1 aliphatic heterocycles. The molecule has 3 unspecified atom stereocenters. The number of hydrogen-bond donors (Lipinski definition) is 3. The molecular formula is C8H14O5. The van der Waals surface area contributed by atoms with E-state index in [4.69, 9.17) is 14.6 Å². The van der Waals surface area contributed by atoms with Gasteiger partial charge < -0.3 is 24.8 Å². The van der Waals surface area contributed by atoms with Crippen LogP contribution in [0.3, 0.4) is 0 Å². The minimum atomic E-state index is -1.11. The van der Waals surface area contributed by atoms with Crippen LogP contribution in [0.4, 0.5) is 0 Å². The van der Waals surface area contributed by atoms with Gasteiger partial charge in [-0.3, -0.25) is 0 Å². The van der Waals surface area contributed by atoms with E-state index in [9.17, 15) is 10.2 Å². The standard InChI is InChI=1S/C8H14O5/c1-2-3-12-8-7(11)6(10)5(4-9)13-8/h2,5-11H,1,3-4H2/t5?,6?,7-,8?/m0/s1. The van der Waals surface area contributed by atoms with Crippen LogP contribution in [0, 0.1) is 0 Å². The Balaban J connectivity index is 2.45. The van der Waals surface area contributed by atoms with E-state index in [1.807, 2.05) is 0 Å². The van der Waals surface area contributed by atoms with E-state index < -0.39 is 24.6 Å². The van der Waals surface area contributed by atoms with Gasteiger partial charge in [-0.05, 0) is 0 Å². The zero-order valence-corrected chi connectivity index (χ0v) is 7.17. The van der Waals surface area contributed by atoms with E-state index in [0.29, 0.717) is 0 Å². The third-order valence-corrected chi connectivity index (χ3v) is 1.88. The molecule has 1 fully saturated rings. The van der Waals surface area contributed by atoms with E-state index in [1.165, 1.54) is 6.08 Å². The lowest BCUT2D eigenvalue weighted by Crippen LogP contribution is -2.34. The molecule has 0 aromatic rings. The topological polar surface area (TPSA) is 79.2 Å². The number of ether oxygens (including phenoxy) is 2. The van der Waals surface area contributed by atoms with Crippen molar-refractivity contribution in [1.82, 2.24) is 0 Å². The minimum absolute atomic E-state index is 0.229. The van der Waals surface area contributed by atoms with Gasteiger partial charge in [0.05, 0.1) is 13.2 Å². The van der Waals surface area contributed by atoms with Crippen molar-refractivity contribution < 1.29 is 24.8 Å². The van der Waals surface area contributed by atoms with Crippen LogP contribution in [0.5, 0.6) is 0 Å². The Kier molecular flexibility index (Phi) is 3.83. The Morgan fingerprint density at radius 1 is 1.38 bits per heavy atom. The summed E-state index contributed by atoms with van der Waals surface area (Å²) >= 11 is 0. The molecule has 1 heterocycles. The van der Waals surface area contributed by atoms with Crippen LogP contribution < -0.4 is 0 Å². The first-order valence-corrected chi connectivity index (χ1v) is 4.05. The average molecular weight is 190 g/mol. The maximum absolute atomic E-state index is 9.34. The highest BCUT2D eigenvalue weighted by atomic mass is 16.7. The smallest absolute Gasteiger partial charge is 0.187 e. The van der Waals surface area contributed by atoms with Crippen molar-refractivity contribution in [2.75, 3.05) is 13.2 Å². The van der Waals surface area contributed by atoms with Gasteiger partial charge in [-0.25, -0.2) is 0 Å². The van der Waals surface area contributed by atoms with E-state index in [0.717, 1.165) is 0 Å². The fourth-order valence-corrected chi connectivity index (χ4v) is 1.17. The van der Waals surface area contributed by atoms with Gasteiger partial charge in [-0.15, -0.1) is 6.58 Å². The molecule has 0 aliphatic carbocycles. The third-order valence-electron chi connectivity index (χ3n) is 1.88. The molecule has 0 amide bonds. The number of aliphatic hydroxyl groups is 3. The molecule has 5 nitrogen and oxygen atoms in total. The molecule has 0 radical (unpaired) electrons. The molecule has 76 valence electrons. The van der Waals surface area contributed by atoms with Gasteiger partial charge in [0.15, 0.2) is 6.29 Å². The predicted octanol–water partition coefficient (Wildman–Crippen LogP) is -1.37. The number of rotatable bonds is 4. The van der Waals surface area contributed by atoms with Gasteiger partial charge >= 0.3 is 0 Å². The SMILES string of the molecule is C=CCOC1OC(CO)C(O)[C@@H]1O. The van der Waals surface area contributed by atoms with E-state index >= 15 is 0 Å². The Morgan fingerprint density at radius 2 is 2.08 bits per heavy atom. The maximum Gasteiger partial charge on any atom is 0.187 e. The van der Waals surface area contributed by atoms with Crippen molar-refractivity contribution in [2.45, 2.75) is 24.6 Å². The molecule has 1 aliphatic rings. The molecule has 1 rings (SSSR count). The van der Waals surface area contributed by atoms with E-state index in [2.05, 4.69) is 6.58 Å². The zero-order chi connectivity index (χ0) is 9.84. The Hall–Kier alpha value is -0.460. The van der Waals surface area contributed by atoms with Crippen LogP contribution in [-0.2, 0) is 9.47 Å². The summed E-state index contributed by atoms with van der Waals surface area (Å²) in [7, 11) is 0. The Labute approximate surface area is 76.2 Å². The average Bonchev–Trinajstić information content (AvgIpc) is 2.41.